The molecule has 0 bridgehead atoms. The van der Waals surface area contributed by atoms with Crippen molar-refractivity contribution in [3.63, 3.8) is 0 Å². The molecule has 14 heavy (non-hydrogen) atoms. The highest BCUT2D eigenvalue weighted by Gasteiger charge is 2.14. The van der Waals surface area contributed by atoms with Gasteiger partial charge in [0.2, 0.25) is 0 Å². The first-order chi connectivity index (χ1) is 6.52. The normalized spacial score (nSPS) is 12.1. The van der Waals surface area contributed by atoms with Crippen molar-refractivity contribution in [3.8, 4) is 11.5 Å². The largest absolute Gasteiger partial charge is 0.504 e. The first-order valence-corrected chi connectivity index (χ1v) is 3.92. The first-order valence-electron chi connectivity index (χ1n) is 3.92. The molecule has 0 aliphatic heterocycles. The van der Waals surface area contributed by atoms with Gasteiger partial charge in [-0.1, -0.05) is 6.07 Å². The second-order valence-electron chi connectivity index (χ2n) is 2.67. The van der Waals surface area contributed by atoms with Crippen LogP contribution >= 0.6 is 0 Å². The Morgan fingerprint density at radius 3 is 2.64 bits per heavy atom. The number of benzene rings is 1. The molecule has 0 saturated carbocycles. The number of hydrogen-bond donors (Lipinski definition) is 3. The van der Waals surface area contributed by atoms with E-state index in [1.165, 1.54) is 25.1 Å². The predicted molar refractivity (Wildman–Crippen MR) is 47.4 cm³/mol. The van der Waals surface area contributed by atoms with Crippen molar-refractivity contribution in [1.29, 1.82) is 0 Å². The van der Waals surface area contributed by atoms with E-state index in [1.54, 1.807) is 0 Å². The topological polar surface area (TPSA) is 87.0 Å². The second-order valence-corrected chi connectivity index (χ2v) is 2.67. The molecule has 1 rings (SSSR count). The molecule has 0 amide bonds. The van der Waals surface area contributed by atoms with Crippen LogP contribution in [0.1, 0.15) is 17.3 Å². The van der Waals surface area contributed by atoms with Gasteiger partial charge < -0.3 is 20.1 Å². The SMILES string of the molecule is CC(O)Oc1cccc(C(=O)O)c1O. The number of hydrogen-bond acceptors (Lipinski definition) is 4. The van der Waals surface area contributed by atoms with Crippen molar-refractivity contribution < 1.29 is 24.9 Å². The quantitative estimate of drug-likeness (QED) is 0.625. The van der Waals surface area contributed by atoms with Gasteiger partial charge in [0, 0.05) is 0 Å². The molecule has 3 N–H and O–H groups in total. The number of carbonyl (C=O) groups is 1. The third-order valence-corrected chi connectivity index (χ3v) is 1.53. The van der Waals surface area contributed by atoms with Gasteiger partial charge in [-0.25, -0.2) is 4.79 Å². The zero-order chi connectivity index (χ0) is 10.7. The molecule has 5 heteroatoms. The molecule has 0 heterocycles. The zero-order valence-electron chi connectivity index (χ0n) is 7.47. The smallest absolute Gasteiger partial charge is 0.339 e. The average Bonchev–Trinajstić information content (AvgIpc) is 2.07. The summed E-state index contributed by atoms with van der Waals surface area (Å²) in [7, 11) is 0. The fourth-order valence-corrected chi connectivity index (χ4v) is 0.974. The van der Waals surface area contributed by atoms with Crippen molar-refractivity contribution in [3.05, 3.63) is 23.8 Å². The van der Waals surface area contributed by atoms with E-state index >= 15 is 0 Å². The van der Waals surface area contributed by atoms with Crippen molar-refractivity contribution in [2.24, 2.45) is 0 Å². The van der Waals surface area contributed by atoms with Crippen LogP contribution in [0.4, 0.5) is 0 Å². The van der Waals surface area contributed by atoms with E-state index in [0.717, 1.165) is 0 Å². The summed E-state index contributed by atoms with van der Waals surface area (Å²) in [6.07, 6.45) is -1.11. The van der Waals surface area contributed by atoms with Gasteiger partial charge in [-0.05, 0) is 19.1 Å². The van der Waals surface area contributed by atoms with Crippen molar-refractivity contribution in [2.75, 3.05) is 0 Å². The molecule has 1 unspecified atom stereocenters. The van der Waals surface area contributed by atoms with Crippen LogP contribution in [0.5, 0.6) is 11.5 Å². The van der Waals surface area contributed by atoms with E-state index in [2.05, 4.69) is 0 Å². The van der Waals surface area contributed by atoms with E-state index in [-0.39, 0.29) is 11.3 Å². The Hall–Kier alpha value is -1.75. The Morgan fingerprint density at radius 2 is 2.14 bits per heavy atom. The van der Waals surface area contributed by atoms with Crippen molar-refractivity contribution in [2.45, 2.75) is 13.2 Å². The van der Waals surface area contributed by atoms with Crippen LogP contribution in [0.25, 0.3) is 0 Å². The summed E-state index contributed by atoms with van der Waals surface area (Å²) in [6.45, 7) is 1.35. The summed E-state index contributed by atoms with van der Waals surface area (Å²) in [5.74, 6) is -1.79. The van der Waals surface area contributed by atoms with Crippen LogP contribution in [-0.2, 0) is 0 Å². The molecule has 0 saturated heterocycles. The zero-order valence-corrected chi connectivity index (χ0v) is 7.47. The molecular weight excluding hydrogens is 188 g/mol. The van der Waals surface area contributed by atoms with E-state index in [9.17, 15) is 9.90 Å². The number of aliphatic hydroxyl groups excluding tert-OH is 1. The average molecular weight is 198 g/mol. The van der Waals surface area contributed by atoms with Gasteiger partial charge in [0.1, 0.15) is 5.56 Å². The minimum atomic E-state index is -1.25. The lowest BCUT2D eigenvalue weighted by atomic mass is 10.2. The maximum Gasteiger partial charge on any atom is 0.339 e. The molecule has 0 fully saturated rings. The molecule has 0 radical (unpaired) electrons. The van der Waals surface area contributed by atoms with Gasteiger partial charge in [-0.2, -0.15) is 0 Å². The van der Waals surface area contributed by atoms with Gasteiger partial charge in [-0.3, -0.25) is 0 Å². The van der Waals surface area contributed by atoms with Crippen molar-refractivity contribution in [1.82, 2.24) is 0 Å². The summed E-state index contributed by atoms with van der Waals surface area (Å²) in [6, 6.07) is 4.03. The predicted octanol–water partition coefficient (Wildman–Crippen LogP) is 0.807. The van der Waals surface area contributed by atoms with Gasteiger partial charge in [0.15, 0.2) is 17.8 Å². The van der Waals surface area contributed by atoms with Crippen LogP contribution in [-0.4, -0.2) is 27.6 Å². The summed E-state index contributed by atoms with van der Waals surface area (Å²) in [5.41, 5.74) is -0.261. The van der Waals surface area contributed by atoms with Gasteiger partial charge >= 0.3 is 5.97 Å². The number of rotatable bonds is 3. The number of para-hydroxylation sites is 1. The number of carboxylic acid groups (broad SMARTS) is 1. The fourth-order valence-electron chi connectivity index (χ4n) is 0.974. The minimum Gasteiger partial charge on any atom is -0.504 e. The summed E-state index contributed by atoms with van der Waals surface area (Å²) in [5, 5.41) is 26.9. The third-order valence-electron chi connectivity index (χ3n) is 1.53. The maximum atomic E-state index is 10.6. The number of aliphatic hydroxyl groups is 1. The Kier molecular flexibility index (Phi) is 2.93. The first kappa shape index (κ1) is 10.3. The Morgan fingerprint density at radius 1 is 1.50 bits per heavy atom. The Labute approximate surface area is 80.2 Å². The number of aromatic hydroxyl groups is 1. The number of carboxylic acids is 1. The second kappa shape index (κ2) is 3.97. The van der Waals surface area contributed by atoms with E-state index in [4.69, 9.17) is 14.9 Å². The molecule has 76 valence electrons. The molecule has 0 spiro atoms. The number of ether oxygens (including phenoxy) is 1. The molecule has 1 aromatic carbocycles. The summed E-state index contributed by atoms with van der Waals surface area (Å²) >= 11 is 0. The van der Waals surface area contributed by atoms with Crippen LogP contribution in [0.3, 0.4) is 0 Å². The van der Waals surface area contributed by atoms with Crippen molar-refractivity contribution >= 4 is 5.97 Å². The van der Waals surface area contributed by atoms with E-state index in [1.807, 2.05) is 0 Å². The highest BCUT2D eigenvalue weighted by Crippen LogP contribution is 2.30. The third kappa shape index (κ3) is 2.14. The van der Waals surface area contributed by atoms with Gasteiger partial charge in [0.05, 0.1) is 0 Å². The molecule has 0 aromatic heterocycles. The van der Waals surface area contributed by atoms with Crippen LogP contribution < -0.4 is 4.74 Å². The molecule has 0 aliphatic carbocycles. The highest BCUT2D eigenvalue weighted by atomic mass is 16.6. The number of phenols is 1. The molecule has 0 aliphatic rings. The lowest BCUT2D eigenvalue weighted by Gasteiger charge is -2.10. The Bertz CT molecular complexity index is 345. The highest BCUT2D eigenvalue weighted by molar-refractivity contribution is 5.91. The molecular formula is C9H10O5. The lowest BCUT2D eigenvalue weighted by molar-refractivity contribution is -0.00226. The van der Waals surface area contributed by atoms with Crippen LogP contribution in [0, 0.1) is 0 Å². The van der Waals surface area contributed by atoms with E-state index < -0.39 is 18.0 Å². The fraction of sp³-hybridized carbons (Fsp3) is 0.222. The summed E-state index contributed by atoms with van der Waals surface area (Å²) in [4.78, 5) is 10.6. The van der Waals surface area contributed by atoms with Crippen LogP contribution in [0.15, 0.2) is 18.2 Å². The van der Waals surface area contributed by atoms with E-state index in [0.29, 0.717) is 0 Å². The molecule has 1 aromatic rings. The Balaban J connectivity index is 3.07. The molecule has 5 nitrogen and oxygen atoms in total. The van der Waals surface area contributed by atoms with Gasteiger partial charge in [-0.15, -0.1) is 0 Å². The number of aromatic carboxylic acids is 1. The minimum absolute atomic E-state index is 0.0556. The molecule has 1 atom stereocenters. The standard InChI is InChI=1S/C9H10O5/c1-5(10)14-7-4-2-3-6(8(7)11)9(12)13/h2-5,10-11H,1H3,(H,12,13). The summed E-state index contributed by atoms with van der Waals surface area (Å²) < 4.78 is 4.78. The van der Waals surface area contributed by atoms with Gasteiger partial charge in [0.25, 0.3) is 0 Å². The maximum absolute atomic E-state index is 10.6. The monoisotopic (exact) mass is 198 g/mol. The lowest BCUT2D eigenvalue weighted by Crippen LogP contribution is -2.10. The van der Waals surface area contributed by atoms with Crippen LogP contribution in [0.2, 0.25) is 0 Å².